The van der Waals surface area contributed by atoms with Crippen LogP contribution in [0.4, 0.5) is 0 Å². The first kappa shape index (κ1) is 15.9. The zero-order valence-electron chi connectivity index (χ0n) is 11.7. The zero-order chi connectivity index (χ0) is 14.5. The highest BCUT2D eigenvalue weighted by atomic mass is 79.9. The molecule has 1 aromatic carbocycles. The minimum absolute atomic E-state index is 0.123. The fraction of sp³-hybridized carbons (Fsp3) is 0.533. The standard InChI is InChI=1S/C15H21BrN2OS/c1-10-8-11(16)2-7-14(10)20-9-15(19)18-13-5-3-12(17)4-6-13/h2,7-8,12-13H,3-6,9,17H2,1H3,(H,18,19). The van der Waals surface area contributed by atoms with Crippen molar-refractivity contribution in [3.63, 3.8) is 0 Å². The molecule has 1 fully saturated rings. The van der Waals surface area contributed by atoms with Gasteiger partial charge in [-0.15, -0.1) is 11.8 Å². The Kier molecular flexibility index (Phi) is 5.93. The van der Waals surface area contributed by atoms with Gasteiger partial charge < -0.3 is 11.1 Å². The molecule has 3 nitrogen and oxygen atoms in total. The van der Waals surface area contributed by atoms with E-state index >= 15 is 0 Å². The van der Waals surface area contributed by atoms with Gasteiger partial charge in [-0.3, -0.25) is 4.79 Å². The second-order valence-electron chi connectivity index (χ2n) is 5.38. The van der Waals surface area contributed by atoms with E-state index < -0.39 is 0 Å². The van der Waals surface area contributed by atoms with Gasteiger partial charge in [0.15, 0.2) is 0 Å². The summed E-state index contributed by atoms with van der Waals surface area (Å²) in [5.74, 6) is 0.600. The van der Waals surface area contributed by atoms with Crippen molar-refractivity contribution in [2.45, 2.75) is 49.6 Å². The van der Waals surface area contributed by atoms with Gasteiger partial charge in [-0.25, -0.2) is 0 Å². The monoisotopic (exact) mass is 356 g/mol. The van der Waals surface area contributed by atoms with Gasteiger partial charge in [0.2, 0.25) is 5.91 Å². The van der Waals surface area contributed by atoms with Crippen molar-refractivity contribution in [3.8, 4) is 0 Å². The van der Waals surface area contributed by atoms with E-state index in [0.29, 0.717) is 17.8 Å². The first-order valence-electron chi connectivity index (χ1n) is 6.98. The molecule has 0 aliphatic heterocycles. The third-order valence-electron chi connectivity index (χ3n) is 3.63. The molecule has 1 aromatic rings. The number of hydrogen-bond donors (Lipinski definition) is 2. The molecule has 5 heteroatoms. The highest BCUT2D eigenvalue weighted by Gasteiger charge is 2.19. The third kappa shape index (κ3) is 4.79. The highest BCUT2D eigenvalue weighted by Crippen LogP contribution is 2.25. The van der Waals surface area contributed by atoms with Crippen molar-refractivity contribution < 1.29 is 4.79 Å². The molecule has 0 unspecified atom stereocenters. The quantitative estimate of drug-likeness (QED) is 0.814. The number of halogens is 1. The van der Waals surface area contributed by atoms with Crippen molar-refractivity contribution in [1.29, 1.82) is 0 Å². The number of hydrogen-bond acceptors (Lipinski definition) is 3. The Morgan fingerprint density at radius 1 is 1.40 bits per heavy atom. The lowest BCUT2D eigenvalue weighted by molar-refractivity contribution is -0.119. The zero-order valence-corrected chi connectivity index (χ0v) is 14.1. The molecule has 0 heterocycles. The van der Waals surface area contributed by atoms with Crippen LogP contribution < -0.4 is 11.1 Å². The molecule has 2 rings (SSSR count). The Hall–Kier alpha value is -0.520. The molecule has 20 heavy (non-hydrogen) atoms. The van der Waals surface area contributed by atoms with Gasteiger partial charge in [0.1, 0.15) is 0 Å². The third-order valence-corrected chi connectivity index (χ3v) is 5.30. The number of nitrogens with one attached hydrogen (secondary N) is 1. The van der Waals surface area contributed by atoms with Crippen molar-refractivity contribution in [3.05, 3.63) is 28.2 Å². The summed E-state index contributed by atoms with van der Waals surface area (Å²) in [5.41, 5.74) is 7.07. The Morgan fingerprint density at radius 3 is 2.75 bits per heavy atom. The van der Waals surface area contributed by atoms with Crippen molar-refractivity contribution in [2.24, 2.45) is 5.73 Å². The molecule has 110 valence electrons. The SMILES string of the molecule is Cc1cc(Br)ccc1SCC(=O)NC1CCC(N)CC1. The Morgan fingerprint density at radius 2 is 2.10 bits per heavy atom. The molecule has 1 saturated carbocycles. The molecule has 1 amide bonds. The van der Waals surface area contributed by atoms with Crippen LogP contribution in [-0.4, -0.2) is 23.7 Å². The first-order valence-corrected chi connectivity index (χ1v) is 8.76. The van der Waals surface area contributed by atoms with E-state index in [4.69, 9.17) is 5.73 Å². The van der Waals surface area contributed by atoms with E-state index in [1.54, 1.807) is 11.8 Å². The maximum absolute atomic E-state index is 12.0. The van der Waals surface area contributed by atoms with E-state index in [1.807, 2.05) is 6.07 Å². The summed E-state index contributed by atoms with van der Waals surface area (Å²) in [6.45, 7) is 2.06. The fourth-order valence-corrected chi connectivity index (χ4v) is 3.75. The second-order valence-corrected chi connectivity index (χ2v) is 7.31. The number of aryl methyl sites for hydroxylation is 1. The minimum atomic E-state index is 0.123. The number of benzene rings is 1. The molecular formula is C15H21BrN2OS. The lowest BCUT2D eigenvalue weighted by atomic mass is 9.92. The predicted molar refractivity (Wildman–Crippen MR) is 88.0 cm³/mol. The molecule has 0 spiro atoms. The predicted octanol–water partition coefficient (Wildman–Crippen LogP) is 3.24. The van der Waals surface area contributed by atoms with Gasteiger partial charge in [0, 0.05) is 21.5 Å². The topological polar surface area (TPSA) is 55.1 Å². The van der Waals surface area contributed by atoms with E-state index in [9.17, 15) is 4.79 Å². The summed E-state index contributed by atoms with van der Waals surface area (Å²) in [6.07, 6.45) is 4.05. The van der Waals surface area contributed by atoms with Crippen molar-refractivity contribution >= 4 is 33.6 Å². The van der Waals surface area contributed by atoms with Crippen LogP contribution in [-0.2, 0) is 4.79 Å². The maximum atomic E-state index is 12.0. The summed E-state index contributed by atoms with van der Waals surface area (Å²) in [5, 5.41) is 3.12. The van der Waals surface area contributed by atoms with Crippen molar-refractivity contribution in [1.82, 2.24) is 5.32 Å². The average molecular weight is 357 g/mol. The number of nitrogens with two attached hydrogens (primary N) is 1. The van der Waals surface area contributed by atoms with Crippen LogP contribution in [0.25, 0.3) is 0 Å². The normalized spacial score (nSPS) is 22.6. The molecular weight excluding hydrogens is 336 g/mol. The summed E-state index contributed by atoms with van der Waals surface area (Å²) in [6, 6.07) is 6.77. The Labute approximate surface area is 133 Å². The summed E-state index contributed by atoms with van der Waals surface area (Å²) in [4.78, 5) is 13.1. The average Bonchev–Trinajstić information content (AvgIpc) is 2.40. The maximum Gasteiger partial charge on any atom is 0.230 e. The number of carbonyl (C=O) groups excluding carboxylic acids is 1. The van der Waals surface area contributed by atoms with Crippen LogP contribution in [0, 0.1) is 6.92 Å². The first-order chi connectivity index (χ1) is 9.54. The lowest BCUT2D eigenvalue weighted by Gasteiger charge is -2.26. The van der Waals surface area contributed by atoms with Crippen LogP contribution in [0.15, 0.2) is 27.6 Å². The minimum Gasteiger partial charge on any atom is -0.353 e. The Bertz CT molecular complexity index is 473. The highest BCUT2D eigenvalue weighted by molar-refractivity contribution is 9.10. The smallest absolute Gasteiger partial charge is 0.230 e. The fourth-order valence-electron chi connectivity index (χ4n) is 2.45. The molecule has 0 aromatic heterocycles. The number of thioether (sulfide) groups is 1. The van der Waals surface area contributed by atoms with Crippen LogP contribution in [0.3, 0.4) is 0 Å². The van der Waals surface area contributed by atoms with Gasteiger partial charge in [0.05, 0.1) is 5.75 Å². The van der Waals surface area contributed by atoms with E-state index in [2.05, 4.69) is 40.3 Å². The summed E-state index contributed by atoms with van der Waals surface area (Å²) < 4.78 is 1.07. The number of carbonyl (C=O) groups is 1. The molecule has 0 atom stereocenters. The van der Waals surface area contributed by atoms with Gasteiger partial charge >= 0.3 is 0 Å². The molecule has 0 saturated heterocycles. The Balaban J connectivity index is 1.77. The van der Waals surface area contributed by atoms with Crippen LogP contribution in [0.5, 0.6) is 0 Å². The van der Waals surface area contributed by atoms with Gasteiger partial charge in [-0.05, 0) is 56.4 Å². The lowest BCUT2D eigenvalue weighted by Crippen LogP contribution is -2.41. The molecule has 3 N–H and O–H groups in total. The van der Waals surface area contributed by atoms with Crippen molar-refractivity contribution in [2.75, 3.05) is 5.75 Å². The molecule has 0 radical (unpaired) electrons. The van der Waals surface area contributed by atoms with E-state index in [-0.39, 0.29) is 5.91 Å². The second kappa shape index (κ2) is 7.48. The summed E-state index contributed by atoms with van der Waals surface area (Å²) >= 11 is 5.04. The summed E-state index contributed by atoms with van der Waals surface area (Å²) in [7, 11) is 0. The molecule has 1 aliphatic carbocycles. The number of amides is 1. The van der Waals surface area contributed by atoms with Crippen LogP contribution >= 0.6 is 27.7 Å². The van der Waals surface area contributed by atoms with Crippen LogP contribution in [0.2, 0.25) is 0 Å². The van der Waals surface area contributed by atoms with Gasteiger partial charge in [-0.2, -0.15) is 0 Å². The molecule has 0 bridgehead atoms. The number of rotatable bonds is 4. The van der Waals surface area contributed by atoms with Gasteiger partial charge in [-0.1, -0.05) is 15.9 Å². The van der Waals surface area contributed by atoms with Gasteiger partial charge in [0.25, 0.3) is 0 Å². The largest absolute Gasteiger partial charge is 0.353 e. The van der Waals surface area contributed by atoms with E-state index in [0.717, 1.165) is 35.1 Å². The van der Waals surface area contributed by atoms with E-state index in [1.165, 1.54) is 5.56 Å². The van der Waals surface area contributed by atoms with Crippen LogP contribution in [0.1, 0.15) is 31.2 Å². The molecule has 1 aliphatic rings.